The van der Waals surface area contributed by atoms with Crippen LogP contribution in [0.15, 0.2) is 18.2 Å². The summed E-state index contributed by atoms with van der Waals surface area (Å²) < 4.78 is 5.61. The molecular formula is C14H18ClNO3. The van der Waals surface area contributed by atoms with Crippen LogP contribution in [0.2, 0.25) is 5.02 Å². The van der Waals surface area contributed by atoms with Crippen LogP contribution >= 0.6 is 11.6 Å². The van der Waals surface area contributed by atoms with E-state index in [1.165, 1.54) is 0 Å². The molecule has 0 saturated heterocycles. The van der Waals surface area contributed by atoms with Crippen molar-refractivity contribution in [3.05, 3.63) is 28.8 Å². The van der Waals surface area contributed by atoms with E-state index in [1.807, 2.05) is 13.0 Å². The van der Waals surface area contributed by atoms with Crippen LogP contribution in [0.3, 0.4) is 0 Å². The predicted octanol–water partition coefficient (Wildman–Crippen LogP) is 1.92. The van der Waals surface area contributed by atoms with Crippen LogP contribution in [-0.2, 0) is 11.2 Å². The molecule has 1 aromatic carbocycles. The largest absolute Gasteiger partial charge is 0.480 e. The second-order valence-corrected chi connectivity index (χ2v) is 5.13. The molecule has 1 aromatic rings. The molecule has 1 heterocycles. The molecule has 2 N–H and O–H groups in total. The quantitative estimate of drug-likeness (QED) is 0.868. The van der Waals surface area contributed by atoms with Gasteiger partial charge in [-0.05, 0) is 36.6 Å². The zero-order valence-electron chi connectivity index (χ0n) is 10.9. The molecule has 1 aliphatic rings. The van der Waals surface area contributed by atoms with E-state index in [0.717, 1.165) is 17.7 Å². The lowest BCUT2D eigenvalue weighted by atomic mass is 10.1. The molecule has 19 heavy (non-hydrogen) atoms. The number of carbonyl (C=O) groups excluding carboxylic acids is 1. The van der Waals surface area contributed by atoms with Crippen molar-refractivity contribution in [1.82, 2.24) is 5.32 Å². The van der Waals surface area contributed by atoms with Crippen molar-refractivity contribution < 1.29 is 14.6 Å². The van der Waals surface area contributed by atoms with Gasteiger partial charge in [0.05, 0.1) is 0 Å². The second-order valence-electron chi connectivity index (χ2n) is 4.69. The van der Waals surface area contributed by atoms with Gasteiger partial charge in [-0.2, -0.15) is 0 Å². The van der Waals surface area contributed by atoms with Crippen molar-refractivity contribution in [3.63, 3.8) is 0 Å². The molecule has 1 aliphatic heterocycles. The molecule has 2 unspecified atom stereocenters. The van der Waals surface area contributed by atoms with E-state index < -0.39 is 6.10 Å². The van der Waals surface area contributed by atoms with Crippen LogP contribution in [0.4, 0.5) is 0 Å². The average Bonchev–Trinajstić information content (AvgIpc) is 2.81. The number of rotatable bonds is 5. The third kappa shape index (κ3) is 3.39. The van der Waals surface area contributed by atoms with E-state index in [4.69, 9.17) is 21.4 Å². The Hall–Kier alpha value is -1.26. The number of aliphatic hydroxyl groups excluding tert-OH is 1. The zero-order valence-corrected chi connectivity index (χ0v) is 11.6. The van der Waals surface area contributed by atoms with Gasteiger partial charge < -0.3 is 15.2 Å². The molecule has 0 aliphatic carbocycles. The van der Waals surface area contributed by atoms with Gasteiger partial charge in [0.2, 0.25) is 0 Å². The van der Waals surface area contributed by atoms with Crippen LogP contribution in [0.1, 0.15) is 25.3 Å². The van der Waals surface area contributed by atoms with Crippen molar-refractivity contribution in [1.29, 1.82) is 0 Å². The van der Waals surface area contributed by atoms with E-state index >= 15 is 0 Å². The Morgan fingerprint density at radius 1 is 1.63 bits per heavy atom. The maximum Gasteiger partial charge on any atom is 0.261 e. The molecule has 0 bridgehead atoms. The molecule has 0 radical (unpaired) electrons. The lowest BCUT2D eigenvalue weighted by Crippen LogP contribution is -2.43. The number of halogens is 1. The van der Waals surface area contributed by atoms with Gasteiger partial charge in [0.15, 0.2) is 6.10 Å². The van der Waals surface area contributed by atoms with Crippen LogP contribution in [0, 0.1) is 0 Å². The van der Waals surface area contributed by atoms with Gasteiger partial charge in [-0.25, -0.2) is 0 Å². The standard InChI is InChI=1S/C14H18ClNO3/c1-2-11(5-6-17)16-14(18)13-8-9-7-10(15)3-4-12(9)19-13/h3-4,7,11,13,17H,2,5-6,8H2,1H3,(H,16,18). The van der Waals surface area contributed by atoms with Crippen LogP contribution in [0.25, 0.3) is 0 Å². The fraction of sp³-hybridized carbons (Fsp3) is 0.500. The van der Waals surface area contributed by atoms with Crippen LogP contribution in [-0.4, -0.2) is 29.8 Å². The monoisotopic (exact) mass is 283 g/mol. The fourth-order valence-corrected chi connectivity index (χ4v) is 2.39. The molecule has 2 rings (SSSR count). The molecule has 0 saturated carbocycles. The number of fused-ring (bicyclic) bond motifs is 1. The summed E-state index contributed by atoms with van der Waals surface area (Å²) in [5.74, 6) is 0.590. The normalized spacial score (nSPS) is 18.6. The van der Waals surface area contributed by atoms with Gasteiger partial charge in [0.1, 0.15) is 5.75 Å². The summed E-state index contributed by atoms with van der Waals surface area (Å²) in [6, 6.07) is 5.36. The minimum Gasteiger partial charge on any atom is -0.480 e. The molecule has 2 atom stereocenters. The van der Waals surface area contributed by atoms with Gasteiger partial charge >= 0.3 is 0 Å². The number of nitrogens with one attached hydrogen (secondary N) is 1. The summed E-state index contributed by atoms with van der Waals surface area (Å²) in [5, 5.41) is 12.5. The van der Waals surface area contributed by atoms with Gasteiger partial charge in [-0.15, -0.1) is 0 Å². The highest BCUT2D eigenvalue weighted by Crippen LogP contribution is 2.31. The minimum absolute atomic E-state index is 0.00611. The lowest BCUT2D eigenvalue weighted by Gasteiger charge is -2.18. The van der Waals surface area contributed by atoms with Crippen LogP contribution in [0.5, 0.6) is 5.75 Å². The van der Waals surface area contributed by atoms with Crippen molar-refractivity contribution >= 4 is 17.5 Å². The SMILES string of the molecule is CCC(CCO)NC(=O)C1Cc2cc(Cl)ccc2O1. The first-order valence-corrected chi connectivity index (χ1v) is 6.88. The Labute approximate surface area is 117 Å². The highest BCUT2D eigenvalue weighted by atomic mass is 35.5. The second kappa shape index (κ2) is 6.26. The third-order valence-electron chi connectivity index (χ3n) is 3.31. The molecule has 0 spiro atoms. The van der Waals surface area contributed by atoms with Gasteiger partial charge in [0.25, 0.3) is 5.91 Å². The Morgan fingerprint density at radius 3 is 3.11 bits per heavy atom. The van der Waals surface area contributed by atoms with Crippen molar-refractivity contribution in [2.24, 2.45) is 0 Å². The maximum absolute atomic E-state index is 12.1. The van der Waals surface area contributed by atoms with E-state index in [1.54, 1.807) is 12.1 Å². The number of amides is 1. The third-order valence-corrected chi connectivity index (χ3v) is 3.54. The van der Waals surface area contributed by atoms with E-state index in [-0.39, 0.29) is 18.6 Å². The Bertz CT molecular complexity index is 464. The molecule has 104 valence electrons. The predicted molar refractivity (Wildman–Crippen MR) is 73.5 cm³/mol. The van der Waals surface area contributed by atoms with Crippen molar-refractivity contribution in [2.75, 3.05) is 6.61 Å². The topological polar surface area (TPSA) is 58.6 Å². The van der Waals surface area contributed by atoms with Gasteiger partial charge in [-0.3, -0.25) is 4.79 Å². The lowest BCUT2D eigenvalue weighted by molar-refractivity contribution is -0.128. The summed E-state index contributed by atoms with van der Waals surface area (Å²) >= 11 is 5.91. The number of hydrogen-bond acceptors (Lipinski definition) is 3. The smallest absolute Gasteiger partial charge is 0.261 e. The number of aliphatic hydroxyl groups is 1. The van der Waals surface area contributed by atoms with E-state index in [0.29, 0.717) is 17.9 Å². The zero-order chi connectivity index (χ0) is 13.8. The number of carbonyl (C=O) groups is 1. The number of hydrogen-bond donors (Lipinski definition) is 2. The summed E-state index contributed by atoms with van der Waals surface area (Å²) in [4.78, 5) is 12.1. The molecule has 0 aromatic heterocycles. The van der Waals surface area contributed by atoms with E-state index in [2.05, 4.69) is 5.32 Å². The van der Waals surface area contributed by atoms with E-state index in [9.17, 15) is 4.79 Å². The van der Waals surface area contributed by atoms with Crippen LogP contribution < -0.4 is 10.1 Å². The first-order valence-electron chi connectivity index (χ1n) is 6.50. The van der Waals surface area contributed by atoms with Crippen molar-refractivity contribution in [3.8, 4) is 5.75 Å². The molecule has 0 fully saturated rings. The maximum atomic E-state index is 12.1. The Kier molecular flexibility index (Phi) is 4.66. The Balaban J connectivity index is 1.96. The number of benzene rings is 1. The summed E-state index contributed by atoms with van der Waals surface area (Å²) in [6.07, 6.45) is 1.39. The molecule has 1 amide bonds. The molecule has 4 nitrogen and oxygen atoms in total. The van der Waals surface area contributed by atoms with Gasteiger partial charge in [-0.1, -0.05) is 18.5 Å². The summed E-state index contributed by atoms with van der Waals surface area (Å²) in [6.45, 7) is 2.05. The highest BCUT2D eigenvalue weighted by Gasteiger charge is 2.30. The number of ether oxygens (including phenoxy) is 1. The molecular weight excluding hydrogens is 266 g/mol. The highest BCUT2D eigenvalue weighted by molar-refractivity contribution is 6.30. The summed E-state index contributed by atoms with van der Waals surface area (Å²) in [5.41, 5.74) is 0.961. The first-order chi connectivity index (χ1) is 9.13. The Morgan fingerprint density at radius 2 is 2.42 bits per heavy atom. The molecule has 5 heteroatoms. The van der Waals surface area contributed by atoms with Crippen molar-refractivity contribution in [2.45, 2.75) is 38.3 Å². The first kappa shape index (κ1) is 14.2. The average molecular weight is 284 g/mol. The fourth-order valence-electron chi connectivity index (χ4n) is 2.19. The summed E-state index contributed by atoms with van der Waals surface area (Å²) in [7, 11) is 0. The minimum atomic E-state index is -0.499. The van der Waals surface area contributed by atoms with Gasteiger partial charge in [0, 0.05) is 24.1 Å².